The average molecular weight is 248 g/mol. The van der Waals surface area contributed by atoms with Gasteiger partial charge in [-0.3, -0.25) is 10.3 Å². The number of hydrogen-bond acceptors (Lipinski definition) is 4. The topological polar surface area (TPSA) is 66.9 Å². The minimum Gasteiger partial charge on any atom is -0.308 e. The van der Waals surface area contributed by atoms with Crippen LogP contribution in [-0.2, 0) is 0 Å². The first-order chi connectivity index (χ1) is 8.15. The smallest absolute Gasteiger partial charge is 0.308 e. The Morgan fingerprint density at radius 2 is 1.94 bits per heavy atom. The number of aryl methyl sites for hydroxylation is 2. The van der Waals surface area contributed by atoms with Crippen LogP contribution >= 0.6 is 11.3 Å². The van der Waals surface area contributed by atoms with Gasteiger partial charge in [-0.05, 0) is 26.0 Å². The third-order valence-electron chi connectivity index (χ3n) is 2.19. The van der Waals surface area contributed by atoms with E-state index in [1.54, 1.807) is 24.5 Å². The van der Waals surface area contributed by atoms with Crippen molar-refractivity contribution in [2.24, 2.45) is 0 Å². The predicted octanol–water partition coefficient (Wildman–Crippen LogP) is 2.80. The molecule has 0 fully saturated rings. The largest absolute Gasteiger partial charge is 0.325 e. The molecule has 6 heteroatoms. The van der Waals surface area contributed by atoms with Gasteiger partial charge in [0.1, 0.15) is 0 Å². The molecule has 2 aromatic heterocycles. The zero-order valence-electron chi connectivity index (χ0n) is 9.52. The zero-order chi connectivity index (χ0) is 12.3. The number of anilines is 2. The molecule has 88 valence electrons. The highest BCUT2D eigenvalue weighted by molar-refractivity contribution is 7.15. The summed E-state index contributed by atoms with van der Waals surface area (Å²) in [5.41, 5.74) is 1.64. The van der Waals surface area contributed by atoms with E-state index in [1.807, 2.05) is 13.8 Å². The van der Waals surface area contributed by atoms with Crippen LogP contribution in [0.2, 0.25) is 0 Å². The molecule has 0 atom stereocenters. The van der Waals surface area contributed by atoms with E-state index >= 15 is 0 Å². The third-order valence-corrected chi connectivity index (χ3v) is 3.18. The molecule has 2 aromatic rings. The molecule has 0 aromatic carbocycles. The molecular formula is C11H12N4OS. The van der Waals surface area contributed by atoms with Gasteiger partial charge in [0, 0.05) is 23.0 Å². The van der Waals surface area contributed by atoms with Crippen molar-refractivity contribution in [1.29, 1.82) is 0 Å². The monoisotopic (exact) mass is 248 g/mol. The second kappa shape index (κ2) is 4.92. The molecule has 0 saturated carbocycles. The van der Waals surface area contributed by atoms with Crippen LogP contribution in [0, 0.1) is 13.8 Å². The molecule has 0 aliphatic carbocycles. The number of carbonyl (C=O) groups is 1. The predicted molar refractivity (Wildman–Crippen MR) is 68.5 cm³/mol. The Bertz CT molecular complexity index is 504. The maximum absolute atomic E-state index is 11.6. The third kappa shape index (κ3) is 3.01. The Hall–Kier alpha value is -1.95. The fourth-order valence-corrected chi connectivity index (χ4v) is 2.03. The highest BCUT2D eigenvalue weighted by atomic mass is 32.1. The lowest BCUT2D eigenvalue weighted by Crippen LogP contribution is -2.19. The van der Waals surface area contributed by atoms with Gasteiger partial charge >= 0.3 is 6.03 Å². The molecule has 5 nitrogen and oxygen atoms in total. The molecule has 2 N–H and O–H groups in total. The Kier molecular flexibility index (Phi) is 3.34. The summed E-state index contributed by atoms with van der Waals surface area (Å²) >= 11 is 1.46. The van der Waals surface area contributed by atoms with E-state index in [0.29, 0.717) is 10.8 Å². The Balaban J connectivity index is 1.98. The van der Waals surface area contributed by atoms with Crippen LogP contribution in [0.15, 0.2) is 24.5 Å². The molecule has 0 unspecified atom stereocenters. The molecule has 2 heterocycles. The Morgan fingerprint density at radius 1 is 1.24 bits per heavy atom. The van der Waals surface area contributed by atoms with Gasteiger partial charge in [-0.2, -0.15) is 0 Å². The number of rotatable bonds is 2. The number of nitrogens with zero attached hydrogens (tertiary/aromatic N) is 2. The number of urea groups is 1. The van der Waals surface area contributed by atoms with E-state index in [4.69, 9.17) is 0 Å². The summed E-state index contributed by atoms with van der Waals surface area (Å²) < 4.78 is 0. The molecule has 17 heavy (non-hydrogen) atoms. The molecule has 0 aliphatic heterocycles. The van der Waals surface area contributed by atoms with Gasteiger partial charge in [-0.15, -0.1) is 11.3 Å². The molecule has 0 aliphatic rings. The van der Waals surface area contributed by atoms with Gasteiger partial charge in [0.25, 0.3) is 0 Å². The van der Waals surface area contributed by atoms with Crippen LogP contribution in [0.25, 0.3) is 0 Å². The van der Waals surface area contributed by atoms with Crippen molar-refractivity contribution in [2.75, 3.05) is 10.6 Å². The van der Waals surface area contributed by atoms with Crippen LogP contribution in [0.5, 0.6) is 0 Å². The van der Waals surface area contributed by atoms with E-state index in [2.05, 4.69) is 20.6 Å². The van der Waals surface area contributed by atoms with Crippen LogP contribution in [-0.4, -0.2) is 16.0 Å². The lowest BCUT2D eigenvalue weighted by molar-refractivity contribution is 0.262. The first kappa shape index (κ1) is 11.5. The van der Waals surface area contributed by atoms with E-state index in [1.165, 1.54) is 11.3 Å². The van der Waals surface area contributed by atoms with Crippen LogP contribution in [0.1, 0.15) is 10.6 Å². The molecule has 0 saturated heterocycles. The molecular weight excluding hydrogens is 236 g/mol. The number of hydrogen-bond donors (Lipinski definition) is 2. The second-order valence-electron chi connectivity index (χ2n) is 3.48. The maximum atomic E-state index is 11.6. The van der Waals surface area contributed by atoms with Crippen LogP contribution in [0.3, 0.4) is 0 Å². The minimum atomic E-state index is -0.301. The Labute approximate surface area is 103 Å². The van der Waals surface area contributed by atoms with E-state index in [9.17, 15) is 4.79 Å². The fraction of sp³-hybridized carbons (Fsp3) is 0.182. The second-order valence-corrected chi connectivity index (χ2v) is 4.68. The normalized spacial score (nSPS) is 10.0. The summed E-state index contributed by atoms with van der Waals surface area (Å²) in [6.45, 7) is 3.89. The van der Waals surface area contributed by atoms with Gasteiger partial charge in [0.15, 0.2) is 5.13 Å². The van der Waals surface area contributed by atoms with Crippen molar-refractivity contribution in [3.63, 3.8) is 0 Å². The van der Waals surface area contributed by atoms with E-state index in [0.717, 1.165) is 10.6 Å². The maximum Gasteiger partial charge on any atom is 0.325 e. The first-order valence-electron chi connectivity index (χ1n) is 5.07. The number of thiazole rings is 1. The van der Waals surface area contributed by atoms with Gasteiger partial charge in [-0.25, -0.2) is 9.78 Å². The number of aromatic nitrogens is 2. The summed E-state index contributed by atoms with van der Waals surface area (Å²) in [5.74, 6) is 0. The van der Waals surface area contributed by atoms with E-state index < -0.39 is 0 Å². The molecule has 0 radical (unpaired) electrons. The van der Waals surface area contributed by atoms with Crippen LogP contribution in [0.4, 0.5) is 15.6 Å². The SMILES string of the molecule is Cc1nc(NC(=O)Nc2ccncc2)sc1C. The minimum absolute atomic E-state index is 0.301. The van der Waals surface area contributed by atoms with Crippen molar-refractivity contribution in [3.8, 4) is 0 Å². The number of pyridine rings is 1. The lowest BCUT2D eigenvalue weighted by atomic mass is 10.4. The molecule has 0 bridgehead atoms. The summed E-state index contributed by atoms with van der Waals surface area (Å²) in [5, 5.41) is 5.99. The molecule has 0 spiro atoms. The molecule has 2 amide bonds. The van der Waals surface area contributed by atoms with Crippen molar-refractivity contribution < 1.29 is 4.79 Å². The Morgan fingerprint density at radius 3 is 2.53 bits per heavy atom. The molecule has 2 rings (SSSR count). The van der Waals surface area contributed by atoms with Gasteiger partial charge < -0.3 is 5.32 Å². The quantitative estimate of drug-likeness (QED) is 0.858. The highest BCUT2D eigenvalue weighted by Gasteiger charge is 2.07. The lowest BCUT2D eigenvalue weighted by Gasteiger charge is -2.04. The number of nitrogens with one attached hydrogen (secondary N) is 2. The van der Waals surface area contributed by atoms with Crippen molar-refractivity contribution in [1.82, 2.24) is 9.97 Å². The summed E-state index contributed by atoms with van der Waals surface area (Å²) in [6, 6.07) is 3.14. The number of amides is 2. The van der Waals surface area contributed by atoms with Crippen molar-refractivity contribution in [2.45, 2.75) is 13.8 Å². The van der Waals surface area contributed by atoms with Gasteiger partial charge in [-0.1, -0.05) is 0 Å². The van der Waals surface area contributed by atoms with Crippen LogP contribution < -0.4 is 10.6 Å². The zero-order valence-corrected chi connectivity index (χ0v) is 10.3. The highest BCUT2D eigenvalue weighted by Crippen LogP contribution is 2.21. The van der Waals surface area contributed by atoms with E-state index in [-0.39, 0.29) is 6.03 Å². The standard InChI is InChI=1S/C11H12N4OS/c1-7-8(2)17-11(13-7)15-10(16)14-9-3-5-12-6-4-9/h3-6H,1-2H3,(H2,12,13,14,15,16). The number of carbonyl (C=O) groups excluding carboxylic acids is 1. The van der Waals surface area contributed by atoms with Gasteiger partial charge in [0.2, 0.25) is 0 Å². The van der Waals surface area contributed by atoms with Crippen molar-refractivity contribution in [3.05, 3.63) is 35.1 Å². The summed E-state index contributed by atoms with van der Waals surface area (Å²) in [4.78, 5) is 20.8. The summed E-state index contributed by atoms with van der Waals surface area (Å²) in [7, 11) is 0. The fourth-order valence-electron chi connectivity index (χ4n) is 1.22. The van der Waals surface area contributed by atoms with Crippen molar-refractivity contribution >= 4 is 28.2 Å². The van der Waals surface area contributed by atoms with Gasteiger partial charge in [0.05, 0.1) is 5.69 Å². The average Bonchev–Trinajstić information content (AvgIpc) is 2.59. The first-order valence-corrected chi connectivity index (χ1v) is 5.89. The summed E-state index contributed by atoms with van der Waals surface area (Å²) in [6.07, 6.45) is 3.24.